The van der Waals surface area contributed by atoms with Gasteiger partial charge in [0.15, 0.2) is 0 Å². The quantitative estimate of drug-likeness (QED) is 0.809. The minimum atomic E-state index is -0.947. The van der Waals surface area contributed by atoms with Crippen molar-refractivity contribution in [3.05, 3.63) is 34.3 Å². The summed E-state index contributed by atoms with van der Waals surface area (Å²) in [6, 6.07) is 5.55. The molecule has 0 amide bonds. The zero-order valence-electron chi connectivity index (χ0n) is 8.55. The number of hydrogen-bond acceptors (Lipinski definition) is 2. The maximum Gasteiger partial charge on any atom is 0.102 e. The van der Waals surface area contributed by atoms with E-state index in [1.165, 1.54) is 0 Å². The summed E-state index contributed by atoms with van der Waals surface area (Å²) in [7, 11) is 0. The van der Waals surface area contributed by atoms with Crippen LogP contribution in [0.5, 0.6) is 0 Å². The van der Waals surface area contributed by atoms with Crippen molar-refractivity contribution in [3.8, 4) is 0 Å². The largest absolute Gasteiger partial charge is 0.384 e. The number of benzene rings is 1. The van der Waals surface area contributed by atoms with E-state index in [0.717, 1.165) is 11.1 Å². The van der Waals surface area contributed by atoms with Gasteiger partial charge in [0.05, 0.1) is 0 Å². The van der Waals surface area contributed by atoms with Crippen molar-refractivity contribution < 1.29 is 5.11 Å². The topological polar surface area (TPSA) is 46.2 Å². The monoisotopic (exact) mass is 213 g/mol. The van der Waals surface area contributed by atoms with Crippen LogP contribution in [0.3, 0.4) is 0 Å². The lowest BCUT2D eigenvalue weighted by Gasteiger charge is -2.25. The van der Waals surface area contributed by atoms with E-state index in [1.807, 2.05) is 26.0 Å². The Hall–Kier alpha value is -0.570. The van der Waals surface area contributed by atoms with E-state index in [1.54, 1.807) is 6.07 Å². The minimum Gasteiger partial charge on any atom is -0.384 e. The Morgan fingerprint density at radius 2 is 2.14 bits per heavy atom. The minimum absolute atomic E-state index is 0.211. The normalized spacial score (nSPS) is 15.2. The highest BCUT2D eigenvalue weighted by atomic mass is 35.5. The highest BCUT2D eigenvalue weighted by Gasteiger charge is 2.25. The van der Waals surface area contributed by atoms with Crippen LogP contribution >= 0.6 is 11.6 Å². The van der Waals surface area contributed by atoms with Crippen LogP contribution in [0.1, 0.15) is 24.5 Å². The Morgan fingerprint density at radius 3 is 2.57 bits per heavy atom. The molecule has 0 aliphatic rings. The Labute approximate surface area is 89.7 Å². The van der Waals surface area contributed by atoms with E-state index in [0.29, 0.717) is 11.4 Å². The summed E-state index contributed by atoms with van der Waals surface area (Å²) in [5.41, 5.74) is 6.39. The molecule has 14 heavy (non-hydrogen) atoms. The molecule has 0 saturated heterocycles. The van der Waals surface area contributed by atoms with Crippen molar-refractivity contribution in [2.75, 3.05) is 6.54 Å². The van der Waals surface area contributed by atoms with E-state index in [9.17, 15) is 5.11 Å². The summed E-state index contributed by atoms with van der Waals surface area (Å²) >= 11 is 5.98. The van der Waals surface area contributed by atoms with Gasteiger partial charge in [0, 0.05) is 11.6 Å². The molecule has 1 aromatic carbocycles. The molecule has 0 aliphatic carbocycles. The van der Waals surface area contributed by atoms with Crippen molar-refractivity contribution >= 4 is 11.6 Å². The number of hydrogen-bond donors (Lipinski definition) is 2. The number of halogens is 1. The fourth-order valence-corrected chi connectivity index (χ4v) is 1.53. The number of aryl methyl sites for hydroxylation is 1. The lowest BCUT2D eigenvalue weighted by molar-refractivity contribution is 0.0418. The summed E-state index contributed by atoms with van der Waals surface area (Å²) < 4.78 is 0. The first-order valence-electron chi connectivity index (χ1n) is 4.72. The van der Waals surface area contributed by atoms with Gasteiger partial charge in [-0.2, -0.15) is 0 Å². The van der Waals surface area contributed by atoms with E-state index in [-0.39, 0.29) is 6.54 Å². The molecule has 78 valence electrons. The SMILES string of the molecule is CCC(O)(CN)c1ccc(C)c(Cl)c1. The van der Waals surface area contributed by atoms with Crippen molar-refractivity contribution in [2.24, 2.45) is 5.73 Å². The first kappa shape index (κ1) is 11.5. The molecular weight excluding hydrogens is 198 g/mol. The molecule has 0 saturated carbocycles. The van der Waals surface area contributed by atoms with Crippen LogP contribution in [0.2, 0.25) is 5.02 Å². The third-order valence-corrected chi connectivity index (χ3v) is 3.04. The van der Waals surface area contributed by atoms with Gasteiger partial charge in [0.1, 0.15) is 5.60 Å². The zero-order valence-corrected chi connectivity index (χ0v) is 9.30. The molecule has 0 spiro atoms. The van der Waals surface area contributed by atoms with Gasteiger partial charge in [-0.1, -0.05) is 30.7 Å². The van der Waals surface area contributed by atoms with E-state index in [2.05, 4.69) is 0 Å². The molecule has 2 nitrogen and oxygen atoms in total. The molecule has 0 aliphatic heterocycles. The smallest absolute Gasteiger partial charge is 0.102 e. The lowest BCUT2D eigenvalue weighted by atomic mass is 9.91. The average molecular weight is 214 g/mol. The second-order valence-corrected chi connectivity index (χ2v) is 3.96. The average Bonchev–Trinajstić information content (AvgIpc) is 2.21. The van der Waals surface area contributed by atoms with Gasteiger partial charge in [-0.25, -0.2) is 0 Å². The van der Waals surface area contributed by atoms with Gasteiger partial charge in [-0.3, -0.25) is 0 Å². The standard InChI is InChI=1S/C11H16ClNO/c1-3-11(14,7-13)9-5-4-8(2)10(12)6-9/h4-6,14H,3,7,13H2,1-2H3. The molecule has 0 heterocycles. The lowest BCUT2D eigenvalue weighted by Crippen LogP contribution is -2.34. The Morgan fingerprint density at radius 1 is 1.50 bits per heavy atom. The number of rotatable bonds is 3. The maximum absolute atomic E-state index is 10.1. The summed E-state index contributed by atoms with van der Waals surface area (Å²) in [4.78, 5) is 0. The summed E-state index contributed by atoms with van der Waals surface area (Å²) in [6.45, 7) is 4.04. The second-order valence-electron chi connectivity index (χ2n) is 3.55. The van der Waals surface area contributed by atoms with Crippen molar-refractivity contribution in [1.82, 2.24) is 0 Å². The maximum atomic E-state index is 10.1. The van der Waals surface area contributed by atoms with Crippen LogP contribution < -0.4 is 5.73 Å². The molecule has 3 heteroatoms. The van der Waals surface area contributed by atoms with Crippen LogP contribution in [0, 0.1) is 6.92 Å². The van der Waals surface area contributed by atoms with Crippen molar-refractivity contribution in [3.63, 3.8) is 0 Å². The fraction of sp³-hybridized carbons (Fsp3) is 0.455. The third-order valence-electron chi connectivity index (χ3n) is 2.63. The highest BCUT2D eigenvalue weighted by molar-refractivity contribution is 6.31. The molecular formula is C11H16ClNO. The molecule has 1 aromatic rings. The number of aliphatic hydroxyl groups is 1. The van der Waals surface area contributed by atoms with Crippen LogP contribution in [0.25, 0.3) is 0 Å². The molecule has 0 radical (unpaired) electrons. The fourth-order valence-electron chi connectivity index (χ4n) is 1.35. The van der Waals surface area contributed by atoms with Crippen LogP contribution in [-0.2, 0) is 5.60 Å². The Balaban J connectivity index is 3.12. The van der Waals surface area contributed by atoms with Gasteiger partial charge >= 0.3 is 0 Å². The van der Waals surface area contributed by atoms with Gasteiger partial charge in [0.25, 0.3) is 0 Å². The predicted molar refractivity (Wildman–Crippen MR) is 59.4 cm³/mol. The molecule has 1 unspecified atom stereocenters. The predicted octanol–water partition coefficient (Wildman–Crippen LogP) is 2.20. The molecule has 0 bridgehead atoms. The third kappa shape index (κ3) is 2.08. The van der Waals surface area contributed by atoms with Gasteiger partial charge < -0.3 is 10.8 Å². The van der Waals surface area contributed by atoms with Gasteiger partial charge in [-0.05, 0) is 30.5 Å². The summed E-state index contributed by atoms with van der Waals surface area (Å²) in [5.74, 6) is 0. The van der Waals surface area contributed by atoms with Crippen LogP contribution in [-0.4, -0.2) is 11.7 Å². The van der Waals surface area contributed by atoms with Gasteiger partial charge in [0.2, 0.25) is 0 Å². The summed E-state index contributed by atoms with van der Waals surface area (Å²) in [5, 5.41) is 10.8. The van der Waals surface area contributed by atoms with Crippen molar-refractivity contribution in [1.29, 1.82) is 0 Å². The van der Waals surface area contributed by atoms with Crippen LogP contribution in [0.4, 0.5) is 0 Å². The highest BCUT2D eigenvalue weighted by Crippen LogP contribution is 2.27. The Kier molecular flexibility index (Phi) is 3.53. The van der Waals surface area contributed by atoms with Crippen molar-refractivity contribution in [2.45, 2.75) is 25.9 Å². The molecule has 0 fully saturated rings. The van der Waals surface area contributed by atoms with E-state index < -0.39 is 5.60 Å². The molecule has 1 rings (SSSR count). The first-order chi connectivity index (χ1) is 6.53. The molecule has 0 aromatic heterocycles. The van der Waals surface area contributed by atoms with E-state index in [4.69, 9.17) is 17.3 Å². The Bertz CT molecular complexity index is 321. The zero-order chi connectivity index (χ0) is 10.8. The second kappa shape index (κ2) is 4.30. The number of nitrogens with two attached hydrogens (primary N) is 1. The summed E-state index contributed by atoms with van der Waals surface area (Å²) in [6.07, 6.45) is 0.586. The van der Waals surface area contributed by atoms with Gasteiger partial charge in [-0.15, -0.1) is 0 Å². The van der Waals surface area contributed by atoms with E-state index >= 15 is 0 Å². The molecule has 3 N–H and O–H groups in total. The first-order valence-corrected chi connectivity index (χ1v) is 5.10. The molecule has 1 atom stereocenters. The van der Waals surface area contributed by atoms with Crippen LogP contribution in [0.15, 0.2) is 18.2 Å².